The fraction of sp³-hybridized carbons (Fsp3) is 0.684. The molecule has 7 heteroatoms. The van der Waals surface area contributed by atoms with Crippen LogP contribution in [0, 0.1) is 0 Å². The smallest absolute Gasteiger partial charge is 0.259 e. The second-order valence-electron chi connectivity index (χ2n) is 7.94. The molecule has 0 aliphatic rings. The number of aromatic amines is 1. The van der Waals surface area contributed by atoms with Gasteiger partial charge in [-0.05, 0) is 39.3 Å². The molecule has 0 amide bonds. The van der Waals surface area contributed by atoms with Crippen LogP contribution in [0.25, 0.3) is 10.2 Å². The highest BCUT2D eigenvalue weighted by Crippen LogP contribution is 2.27. The van der Waals surface area contributed by atoms with E-state index in [0.717, 1.165) is 16.3 Å². The summed E-state index contributed by atoms with van der Waals surface area (Å²) >= 11 is 1.57. The van der Waals surface area contributed by atoms with Gasteiger partial charge in [0.25, 0.3) is 5.56 Å². The molecule has 0 aliphatic carbocycles. The molecule has 0 saturated heterocycles. The molecule has 146 valence electrons. The van der Waals surface area contributed by atoms with Gasteiger partial charge in [0.1, 0.15) is 10.7 Å². The van der Waals surface area contributed by atoms with E-state index in [1.54, 1.807) is 11.3 Å². The minimum Gasteiger partial charge on any atom is -0.389 e. The van der Waals surface area contributed by atoms with E-state index in [-0.39, 0.29) is 17.8 Å². The van der Waals surface area contributed by atoms with Gasteiger partial charge in [-0.3, -0.25) is 9.69 Å². The average Bonchev–Trinajstić information content (AvgIpc) is 2.96. The lowest BCUT2D eigenvalue weighted by Gasteiger charge is -2.26. The van der Waals surface area contributed by atoms with Gasteiger partial charge in [-0.1, -0.05) is 20.8 Å². The molecule has 0 fully saturated rings. The number of ether oxygens (including phenoxy) is 1. The van der Waals surface area contributed by atoms with Gasteiger partial charge in [-0.2, -0.15) is 0 Å². The minimum absolute atomic E-state index is 0.0965. The Bertz CT molecular complexity index is 776. The summed E-state index contributed by atoms with van der Waals surface area (Å²) in [6, 6.07) is 1.94. The van der Waals surface area contributed by atoms with Crippen LogP contribution in [-0.4, -0.2) is 51.4 Å². The Balaban J connectivity index is 2.08. The maximum absolute atomic E-state index is 12.4. The number of thiophene rings is 1. The van der Waals surface area contributed by atoms with Gasteiger partial charge in [0, 0.05) is 11.4 Å². The summed E-state index contributed by atoms with van der Waals surface area (Å²) in [5.41, 5.74) is -0.371. The number of H-pyrrole nitrogens is 1. The van der Waals surface area contributed by atoms with Crippen LogP contribution in [0.1, 0.15) is 58.2 Å². The molecule has 0 saturated carbocycles. The van der Waals surface area contributed by atoms with Gasteiger partial charge >= 0.3 is 0 Å². The molecular weight excluding hydrogens is 350 g/mol. The summed E-state index contributed by atoms with van der Waals surface area (Å²) in [6.45, 7) is 14.1. The van der Waals surface area contributed by atoms with Crippen LogP contribution >= 0.6 is 11.3 Å². The number of aliphatic hydroxyl groups is 1. The topological polar surface area (TPSA) is 78.5 Å². The van der Waals surface area contributed by atoms with Crippen molar-refractivity contribution in [1.29, 1.82) is 0 Å². The first-order valence-electron chi connectivity index (χ1n) is 9.16. The molecule has 0 aromatic carbocycles. The molecule has 1 unspecified atom stereocenters. The van der Waals surface area contributed by atoms with Crippen molar-refractivity contribution in [3.63, 3.8) is 0 Å². The number of hydrogen-bond donors (Lipinski definition) is 2. The standard InChI is InChI=1S/C19H31N3O3S/c1-7-22(9-13(23)11-25-19(4,5)6)10-16-20-17(24)14-8-15(12(2)3)26-18(14)21-16/h8,12-13,23H,7,9-11H2,1-6H3,(H,20,21,24). The van der Waals surface area contributed by atoms with Crippen LogP contribution in [0.5, 0.6) is 0 Å². The van der Waals surface area contributed by atoms with Crippen molar-refractivity contribution in [3.05, 3.63) is 27.1 Å². The van der Waals surface area contributed by atoms with E-state index in [9.17, 15) is 9.90 Å². The average molecular weight is 382 g/mol. The molecule has 0 spiro atoms. The lowest BCUT2D eigenvalue weighted by atomic mass is 10.2. The van der Waals surface area contributed by atoms with Crippen LogP contribution in [0.15, 0.2) is 10.9 Å². The lowest BCUT2D eigenvalue weighted by Crippen LogP contribution is -2.37. The van der Waals surface area contributed by atoms with E-state index in [2.05, 4.69) is 28.7 Å². The first kappa shape index (κ1) is 21.0. The number of fused-ring (bicyclic) bond motifs is 1. The number of aliphatic hydroxyl groups excluding tert-OH is 1. The molecule has 0 bridgehead atoms. The Kier molecular flexibility index (Phi) is 6.96. The Morgan fingerprint density at radius 2 is 2.08 bits per heavy atom. The maximum Gasteiger partial charge on any atom is 0.259 e. The van der Waals surface area contributed by atoms with Crippen molar-refractivity contribution in [2.45, 2.75) is 65.7 Å². The minimum atomic E-state index is -0.584. The highest BCUT2D eigenvalue weighted by Gasteiger charge is 2.17. The third kappa shape index (κ3) is 5.87. The fourth-order valence-electron chi connectivity index (χ4n) is 2.57. The van der Waals surface area contributed by atoms with Crippen LogP contribution in [0.2, 0.25) is 0 Å². The number of nitrogens with one attached hydrogen (secondary N) is 1. The third-order valence-electron chi connectivity index (χ3n) is 4.04. The van der Waals surface area contributed by atoms with Gasteiger partial charge in [-0.25, -0.2) is 4.98 Å². The predicted octanol–water partition coefficient (Wildman–Crippen LogP) is 3.11. The summed E-state index contributed by atoms with van der Waals surface area (Å²) in [5, 5.41) is 10.9. The van der Waals surface area contributed by atoms with Crippen LogP contribution in [0.4, 0.5) is 0 Å². The summed E-state index contributed by atoms with van der Waals surface area (Å²) in [6.07, 6.45) is -0.584. The van der Waals surface area contributed by atoms with Gasteiger partial charge in [0.05, 0.1) is 30.2 Å². The van der Waals surface area contributed by atoms with Gasteiger partial charge < -0.3 is 14.8 Å². The Labute approximate surface area is 159 Å². The molecule has 2 aromatic heterocycles. The second kappa shape index (κ2) is 8.61. The van der Waals surface area contributed by atoms with E-state index >= 15 is 0 Å². The van der Waals surface area contributed by atoms with Crippen molar-refractivity contribution in [1.82, 2.24) is 14.9 Å². The SMILES string of the molecule is CCN(Cc1nc2sc(C(C)C)cc2c(=O)[nH]1)CC(O)COC(C)(C)C. The monoisotopic (exact) mass is 381 g/mol. The number of nitrogens with zero attached hydrogens (tertiary/aromatic N) is 2. The third-order valence-corrected chi connectivity index (χ3v) is 5.37. The normalized spacial score (nSPS) is 13.9. The summed E-state index contributed by atoms with van der Waals surface area (Å²) in [5.74, 6) is 1.01. The van der Waals surface area contributed by atoms with Crippen LogP contribution in [-0.2, 0) is 11.3 Å². The van der Waals surface area contributed by atoms with Gasteiger partial charge in [0.2, 0.25) is 0 Å². The maximum atomic E-state index is 12.4. The van der Waals surface area contributed by atoms with Crippen molar-refractivity contribution < 1.29 is 9.84 Å². The Hall–Kier alpha value is -1.28. The summed E-state index contributed by atoms with van der Waals surface area (Å²) in [4.78, 5) is 23.9. The quantitative estimate of drug-likeness (QED) is 0.735. The van der Waals surface area contributed by atoms with E-state index in [4.69, 9.17) is 4.74 Å². The van der Waals surface area contributed by atoms with Crippen molar-refractivity contribution in [3.8, 4) is 0 Å². The van der Waals surface area contributed by atoms with E-state index in [0.29, 0.717) is 30.2 Å². The van der Waals surface area contributed by atoms with Crippen molar-refractivity contribution in [2.24, 2.45) is 0 Å². The largest absolute Gasteiger partial charge is 0.389 e. The molecule has 2 aromatic rings. The zero-order chi connectivity index (χ0) is 19.5. The van der Waals surface area contributed by atoms with Crippen molar-refractivity contribution in [2.75, 3.05) is 19.7 Å². The molecule has 6 nitrogen and oxygen atoms in total. The number of rotatable bonds is 8. The molecule has 2 rings (SSSR count). The zero-order valence-corrected chi connectivity index (χ0v) is 17.4. The number of hydrogen-bond acceptors (Lipinski definition) is 6. The highest BCUT2D eigenvalue weighted by atomic mass is 32.1. The predicted molar refractivity (Wildman–Crippen MR) is 107 cm³/mol. The summed E-state index contributed by atoms with van der Waals surface area (Å²) < 4.78 is 5.64. The van der Waals surface area contributed by atoms with Gasteiger partial charge in [-0.15, -0.1) is 11.3 Å². The molecule has 0 radical (unpaired) electrons. The molecule has 2 N–H and O–H groups in total. The van der Waals surface area contributed by atoms with E-state index < -0.39 is 6.10 Å². The van der Waals surface area contributed by atoms with E-state index in [1.807, 2.05) is 33.8 Å². The first-order chi connectivity index (χ1) is 12.1. The Morgan fingerprint density at radius 3 is 2.65 bits per heavy atom. The Morgan fingerprint density at radius 1 is 1.38 bits per heavy atom. The molecular formula is C19H31N3O3S. The van der Waals surface area contributed by atoms with E-state index in [1.165, 1.54) is 0 Å². The van der Waals surface area contributed by atoms with Gasteiger partial charge in [0.15, 0.2) is 0 Å². The zero-order valence-electron chi connectivity index (χ0n) is 16.6. The fourth-order valence-corrected chi connectivity index (χ4v) is 3.62. The number of aromatic nitrogens is 2. The summed E-state index contributed by atoms with van der Waals surface area (Å²) in [7, 11) is 0. The molecule has 2 heterocycles. The molecule has 1 atom stereocenters. The first-order valence-corrected chi connectivity index (χ1v) is 9.97. The molecule has 0 aliphatic heterocycles. The second-order valence-corrected chi connectivity index (χ2v) is 9.00. The van der Waals surface area contributed by atoms with Crippen LogP contribution < -0.4 is 5.56 Å². The highest BCUT2D eigenvalue weighted by molar-refractivity contribution is 7.18. The lowest BCUT2D eigenvalue weighted by molar-refractivity contribution is -0.0564. The van der Waals surface area contributed by atoms with Crippen molar-refractivity contribution >= 4 is 21.6 Å². The number of likely N-dealkylation sites (N-methyl/N-ethyl adjacent to an activating group) is 1. The van der Waals surface area contributed by atoms with Crippen LogP contribution in [0.3, 0.4) is 0 Å². The molecule has 26 heavy (non-hydrogen) atoms.